The molecule has 0 saturated heterocycles. The molecule has 1 fully saturated rings. The van der Waals surface area contributed by atoms with Crippen LogP contribution in [0.25, 0.3) is 0 Å². The van der Waals surface area contributed by atoms with Crippen LogP contribution in [-0.4, -0.2) is 5.97 Å². The van der Waals surface area contributed by atoms with Crippen LogP contribution in [0.3, 0.4) is 0 Å². The van der Waals surface area contributed by atoms with Gasteiger partial charge in [0.05, 0.1) is 5.92 Å². The SMILES string of the molecule is CCCCC[C@H]1CC[C@H](C(=O)Oc2ccc(Cl)cc2)CC1. The fourth-order valence-corrected chi connectivity index (χ4v) is 3.20. The summed E-state index contributed by atoms with van der Waals surface area (Å²) >= 11 is 5.82. The average Bonchev–Trinajstić information content (AvgIpc) is 2.50. The molecule has 1 aromatic carbocycles. The predicted octanol–water partition coefficient (Wildman–Crippen LogP) is 5.63. The molecule has 0 atom stereocenters. The number of halogens is 1. The zero-order valence-corrected chi connectivity index (χ0v) is 13.6. The smallest absolute Gasteiger partial charge is 0.314 e. The van der Waals surface area contributed by atoms with Crippen LogP contribution in [-0.2, 0) is 4.79 Å². The Bertz CT molecular complexity index is 433. The van der Waals surface area contributed by atoms with Gasteiger partial charge in [-0.15, -0.1) is 0 Å². The molecule has 3 heteroatoms. The molecular formula is C18H25ClO2. The number of esters is 1. The van der Waals surface area contributed by atoms with Gasteiger partial charge in [0.2, 0.25) is 0 Å². The first-order valence-electron chi connectivity index (χ1n) is 8.16. The van der Waals surface area contributed by atoms with Crippen molar-refractivity contribution in [3.63, 3.8) is 0 Å². The van der Waals surface area contributed by atoms with E-state index in [9.17, 15) is 4.79 Å². The van der Waals surface area contributed by atoms with Crippen molar-refractivity contribution in [2.24, 2.45) is 11.8 Å². The highest BCUT2D eigenvalue weighted by molar-refractivity contribution is 6.30. The van der Waals surface area contributed by atoms with Gasteiger partial charge in [0, 0.05) is 5.02 Å². The van der Waals surface area contributed by atoms with Crippen LogP contribution >= 0.6 is 11.6 Å². The van der Waals surface area contributed by atoms with E-state index in [1.807, 2.05) is 0 Å². The molecule has 1 saturated carbocycles. The van der Waals surface area contributed by atoms with Crippen molar-refractivity contribution >= 4 is 17.6 Å². The van der Waals surface area contributed by atoms with Crippen LogP contribution < -0.4 is 4.74 Å². The maximum atomic E-state index is 12.2. The fourth-order valence-electron chi connectivity index (χ4n) is 3.07. The van der Waals surface area contributed by atoms with Gasteiger partial charge in [0.25, 0.3) is 0 Å². The van der Waals surface area contributed by atoms with Crippen molar-refractivity contribution in [2.75, 3.05) is 0 Å². The first-order valence-corrected chi connectivity index (χ1v) is 8.54. The third-order valence-electron chi connectivity index (χ3n) is 4.43. The molecule has 0 bridgehead atoms. The van der Waals surface area contributed by atoms with Gasteiger partial charge in [0.15, 0.2) is 0 Å². The number of ether oxygens (including phenoxy) is 1. The Labute approximate surface area is 132 Å². The van der Waals surface area contributed by atoms with Crippen LogP contribution in [0.15, 0.2) is 24.3 Å². The van der Waals surface area contributed by atoms with E-state index in [2.05, 4.69) is 6.92 Å². The summed E-state index contributed by atoms with van der Waals surface area (Å²) in [6.45, 7) is 2.24. The third-order valence-corrected chi connectivity index (χ3v) is 4.68. The summed E-state index contributed by atoms with van der Waals surface area (Å²) in [5.74, 6) is 1.40. The lowest BCUT2D eigenvalue weighted by Gasteiger charge is -2.27. The largest absolute Gasteiger partial charge is 0.426 e. The number of rotatable bonds is 6. The fraction of sp³-hybridized carbons (Fsp3) is 0.611. The standard InChI is InChI=1S/C18H25ClO2/c1-2-3-4-5-14-6-8-15(9-7-14)18(20)21-17-12-10-16(19)11-13-17/h10-15H,2-9H2,1H3/t14-,15-. The van der Waals surface area contributed by atoms with Crippen molar-refractivity contribution in [3.8, 4) is 5.75 Å². The summed E-state index contributed by atoms with van der Waals surface area (Å²) in [6, 6.07) is 6.98. The van der Waals surface area contributed by atoms with Crippen molar-refractivity contribution in [3.05, 3.63) is 29.3 Å². The molecule has 0 radical (unpaired) electrons. The molecular weight excluding hydrogens is 284 g/mol. The average molecular weight is 309 g/mol. The molecule has 1 aliphatic rings. The van der Waals surface area contributed by atoms with Gasteiger partial charge in [-0.3, -0.25) is 4.79 Å². The number of hydrogen-bond donors (Lipinski definition) is 0. The van der Waals surface area contributed by atoms with E-state index in [0.717, 1.165) is 18.8 Å². The molecule has 0 amide bonds. The van der Waals surface area contributed by atoms with Crippen LogP contribution in [0.2, 0.25) is 5.02 Å². The lowest BCUT2D eigenvalue weighted by molar-refractivity contribution is -0.140. The second kappa shape index (κ2) is 8.43. The molecule has 0 heterocycles. The van der Waals surface area contributed by atoms with Crippen molar-refractivity contribution in [1.82, 2.24) is 0 Å². The zero-order valence-electron chi connectivity index (χ0n) is 12.8. The second-order valence-electron chi connectivity index (χ2n) is 6.09. The molecule has 2 rings (SSSR count). The molecule has 2 nitrogen and oxygen atoms in total. The van der Waals surface area contributed by atoms with E-state index >= 15 is 0 Å². The first-order chi connectivity index (χ1) is 10.2. The summed E-state index contributed by atoms with van der Waals surface area (Å²) in [5, 5.41) is 0.655. The van der Waals surface area contributed by atoms with E-state index in [-0.39, 0.29) is 11.9 Å². The normalized spacial score (nSPS) is 22.0. The Hall–Kier alpha value is -1.02. The highest BCUT2D eigenvalue weighted by Gasteiger charge is 2.27. The molecule has 0 aromatic heterocycles. The number of carbonyl (C=O) groups is 1. The van der Waals surface area contributed by atoms with Gasteiger partial charge in [-0.05, 0) is 55.9 Å². The Morgan fingerprint density at radius 3 is 2.43 bits per heavy atom. The lowest BCUT2D eigenvalue weighted by Crippen LogP contribution is -2.25. The molecule has 1 aromatic rings. The number of carbonyl (C=O) groups excluding carboxylic acids is 1. The molecule has 116 valence electrons. The van der Waals surface area contributed by atoms with Crippen molar-refractivity contribution < 1.29 is 9.53 Å². The van der Waals surface area contributed by atoms with Gasteiger partial charge in [-0.2, -0.15) is 0 Å². The molecule has 0 aliphatic heterocycles. The molecule has 0 N–H and O–H groups in total. The lowest BCUT2D eigenvalue weighted by atomic mass is 9.80. The highest BCUT2D eigenvalue weighted by Crippen LogP contribution is 2.33. The maximum Gasteiger partial charge on any atom is 0.314 e. The van der Waals surface area contributed by atoms with E-state index in [0.29, 0.717) is 10.8 Å². The number of hydrogen-bond acceptors (Lipinski definition) is 2. The highest BCUT2D eigenvalue weighted by atomic mass is 35.5. The first kappa shape index (κ1) is 16.4. The summed E-state index contributed by atoms with van der Waals surface area (Å²) in [4.78, 5) is 12.2. The monoisotopic (exact) mass is 308 g/mol. The van der Waals surface area contributed by atoms with Gasteiger partial charge < -0.3 is 4.74 Å². The minimum Gasteiger partial charge on any atom is -0.426 e. The minimum absolute atomic E-state index is 0.0723. The quantitative estimate of drug-likeness (QED) is 0.386. The topological polar surface area (TPSA) is 26.3 Å². The van der Waals surface area contributed by atoms with Crippen LogP contribution in [0.5, 0.6) is 5.75 Å². The molecule has 0 spiro atoms. The van der Waals surface area contributed by atoms with Crippen LogP contribution in [0, 0.1) is 11.8 Å². The van der Waals surface area contributed by atoms with Gasteiger partial charge in [0.1, 0.15) is 5.75 Å². The zero-order chi connectivity index (χ0) is 15.1. The number of unbranched alkanes of at least 4 members (excludes halogenated alkanes) is 2. The summed E-state index contributed by atoms with van der Waals surface area (Å²) in [6.07, 6.45) is 9.57. The Morgan fingerprint density at radius 2 is 1.81 bits per heavy atom. The predicted molar refractivity (Wildman–Crippen MR) is 86.7 cm³/mol. The van der Waals surface area contributed by atoms with Gasteiger partial charge in [-0.1, -0.05) is 44.2 Å². The summed E-state index contributed by atoms with van der Waals surface area (Å²) in [7, 11) is 0. The summed E-state index contributed by atoms with van der Waals surface area (Å²) in [5.41, 5.74) is 0. The van der Waals surface area contributed by atoms with E-state index in [1.165, 1.54) is 38.5 Å². The molecule has 0 unspecified atom stereocenters. The molecule has 21 heavy (non-hydrogen) atoms. The Morgan fingerprint density at radius 1 is 1.14 bits per heavy atom. The van der Waals surface area contributed by atoms with E-state index in [1.54, 1.807) is 24.3 Å². The van der Waals surface area contributed by atoms with Crippen molar-refractivity contribution in [1.29, 1.82) is 0 Å². The minimum atomic E-state index is -0.0793. The Balaban J connectivity index is 1.74. The van der Waals surface area contributed by atoms with Crippen LogP contribution in [0.4, 0.5) is 0 Å². The molecule has 1 aliphatic carbocycles. The summed E-state index contributed by atoms with van der Waals surface area (Å²) < 4.78 is 5.45. The third kappa shape index (κ3) is 5.35. The van der Waals surface area contributed by atoms with E-state index < -0.39 is 0 Å². The number of benzene rings is 1. The van der Waals surface area contributed by atoms with Gasteiger partial charge >= 0.3 is 5.97 Å². The Kier molecular flexibility index (Phi) is 6.56. The van der Waals surface area contributed by atoms with E-state index in [4.69, 9.17) is 16.3 Å². The van der Waals surface area contributed by atoms with Crippen molar-refractivity contribution in [2.45, 2.75) is 58.3 Å². The second-order valence-corrected chi connectivity index (χ2v) is 6.52. The maximum absolute atomic E-state index is 12.2. The van der Waals surface area contributed by atoms with Gasteiger partial charge in [-0.25, -0.2) is 0 Å². The van der Waals surface area contributed by atoms with Crippen LogP contribution in [0.1, 0.15) is 58.3 Å².